The van der Waals surface area contributed by atoms with Gasteiger partial charge in [0.15, 0.2) is 6.29 Å². The first kappa shape index (κ1) is 9.41. The minimum Gasteiger partial charge on any atom is -0.387 e. The van der Waals surface area contributed by atoms with Crippen molar-refractivity contribution in [3.05, 3.63) is 0 Å². The average Bonchev–Trinajstić information content (AvgIpc) is 2.30. The molecule has 4 atom stereocenters. The van der Waals surface area contributed by atoms with Crippen LogP contribution in [0.2, 0.25) is 0 Å². The SMILES string of the molecule is CO[C@@H]1O[C@H](CBr)[C@@H](O)[C@H]1O. The van der Waals surface area contributed by atoms with E-state index in [2.05, 4.69) is 15.9 Å². The maximum Gasteiger partial charge on any atom is 0.186 e. The lowest BCUT2D eigenvalue weighted by Gasteiger charge is -2.11. The minimum atomic E-state index is -0.942. The largest absolute Gasteiger partial charge is 0.387 e. The molecule has 0 spiro atoms. The lowest BCUT2D eigenvalue weighted by molar-refractivity contribution is -0.145. The van der Waals surface area contributed by atoms with Crippen LogP contribution >= 0.6 is 15.9 Å². The van der Waals surface area contributed by atoms with Gasteiger partial charge in [-0.15, -0.1) is 0 Å². The van der Waals surface area contributed by atoms with E-state index in [-0.39, 0.29) is 6.10 Å². The molecule has 1 rings (SSSR count). The molecular weight excluding hydrogens is 216 g/mol. The van der Waals surface area contributed by atoms with Crippen molar-refractivity contribution in [3.63, 3.8) is 0 Å². The molecule has 1 aliphatic heterocycles. The predicted octanol–water partition coefficient (Wildman–Crippen LogP) is -0.526. The van der Waals surface area contributed by atoms with Crippen LogP contribution in [-0.2, 0) is 9.47 Å². The first-order valence-electron chi connectivity index (χ1n) is 3.31. The summed E-state index contributed by atoms with van der Waals surface area (Å²) < 4.78 is 9.89. The van der Waals surface area contributed by atoms with E-state index in [1.165, 1.54) is 7.11 Å². The molecule has 66 valence electrons. The van der Waals surface area contributed by atoms with Gasteiger partial charge in [-0.05, 0) is 0 Å². The van der Waals surface area contributed by atoms with Gasteiger partial charge >= 0.3 is 0 Å². The number of alkyl halides is 1. The van der Waals surface area contributed by atoms with Gasteiger partial charge in [0.05, 0.1) is 6.10 Å². The topological polar surface area (TPSA) is 58.9 Å². The van der Waals surface area contributed by atoms with E-state index in [9.17, 15) is 10.2 Å². The first-order chi connectivity index (χ1) is 5.20. The quantitative estimate of drug-likeness (QED) is 0.623. The molecule has 5 heteroatoms. The van der Waals surface area contributed by atoms with Gasteiger partial charge in [0, 0.05) is 12.4 Å². The highest BCUT2D eigenvalue weighted by atomic mass is 79.9. The van der Waals surface area contributed by atoms with Gasteiger partial charge in [0.1, 0.15) is 12.2 Å². The third kappa shape index (κ3) is 1.73. The standard InChI is InChI=1S/C6H11BrO4/c1-10-6-5(9)4(8)3(2-7)11-6/h3-6,8-9H,2H2,1H3/t3-,4-,5-,6-/m1/s1. The lowest BCUT2D eigenvalue weighted by atomic mass is 10.2. The van der Waals surface area contributed by atoms with Crippen molar-refractivity contribution < 1.29 is 19.7 Å². The van der Waals surface area contributed by atoms with Crippen LogP contribution in [0.3, 0.4) is 0 Å². The molecule has 0 aromatic heterocycles. The number of hydrogen-bond donors (Lipinski definition) is 2. The molecule has 1 heterocycles. The lowest BCUT2D eigenvalue weighted by Crippen LogP contribution is -2.33. The normalized spacial score (nSPS) is 44.7. The molecule has 0 aromatic carbocycles. The van der Waals surface area contributed by atoms with Crippen molar-refractivity contribution >= 4 is 15.9 Å². The molecule has 1 saturated heterocycles. The summed E-state index contributed by atoms with van der Waals surface area (Å²) in [7, 11) is 1.43. The van der Waals surface area contributed by atoms with E-state index in [0.29, 0.717) is 5.33 Å². The first-order valence-corrected chi connectivity index (χ1v) is 4.43. The Kier molecular flexibility index (Phi) is 3.27. The summed E-state index contributed by atoms with van der Waals surface area (Å²) in [6.45, 7) is 0. The summed E-state index contributed by atoms with van der Waals surface area (Å²) in [6.07, 6.45) is -2.88. The van der Waals surface area contributed by atoms with E-state index in [0.717, 1.165) is 0 Å². The number of ether oxygens (including phenoxy) is 2. The van der Waals surface area contributed by atoms with Crippen LogP contribution in [-0.4, -0.2) is 47.3 Å². The second-order valence-corrected chi connectivity index (χ2v) is 3.06. The molecule has 0 unspecified atom stereocenters. The zero-order valence-electron chi connectivity index (χ0n) is 6.11. The Bertz CT molecular complexity index is 114. The minimum absolute atomic E-state index is 0.380. The van der Waals surface area contributed by atoms with E-state index < -0.39 is 18.5 Å². The van der Waals surface area contributed by atoms with Gasteiger partial charge in [0.2, 0.25) is 0 Å². The fraction of sp³-hybridized carbons (Fsp3) is 1.00. The Labute approximate surface area is 73.2 Å². The molecule has 0 radical (unpaired) electrons. The van der Waals surface area contributed by atoms with Crippen LogP contribution in [0, 0.1) is 0 Å². The molecule has 0 aliphatic carbocycles. The Morgan fingerprint density at radius 2 is 2.09 bits per heavy atom. The smallest absolute Gasteiger partial charge is 0.186 e. The van der Waals surface area contributed by atoms with E-state index in [1.54, 1.807) is 0 Å². The highest BCUT2D eigenvalue weighted by Crippen LogP contribution is 2.22. The van der Waals surface area contributed by atoms with E-state index in [1.807, 2.05) is 0 Å². The summed E-state index contributed by atoms with van der Waals surface area (Å²) in [6, 6.07) is 0. The average molecular weight is 227 g/mol. The Morgan fingerprint density at radius 1 is 1.45 bits per heavy atom. The van der Waals surface area contributed by atoms with E-state index in [4.69, 9.17) is 9.47 Å². The summed E-state index contributed by atoms with van der Waals surface area (Å²) >= 11 is 3.15. The zero-order chi connectivity index (χ0) is 8.43. The molecule has 11 heavy (non-hydrogen) atoms. The summed E-state index contributed by atoms with van der Waals surface area (Å²) in [5.74, 6) is 0. The van der Waals surface area contributed by atoms with Crippen molar-refractivity contribution in [1.29, 1.82) is 0 Å². The number of halogens is 1. The van der Waals surface area contributed by atoms with Gasteiger partial charge < -0.3 is 19.7 Å². The Balaban J connectivity index is 2.53. The van der Waals surface area contributed by atoms with Gasteiger partial charge in [-0.1, -0.05) is 15.9 Å². The number of methoxy groups -OCH3 is 1. The number of aliphatic hydroxyl groups excluding tert-OH is 2. The molecule has 0 bridgehead atoms. The predicted molar refractivity (Wildman–Crippen MR) is 41.5 cm³/mol. The number of hydrogen-bond acceptors (Lipinski definition) is 4. The number of rotatable bonds is 2. The Morgan fingerprint density at radius 3 is 2.36 bits per heavy atom. The fourth-order valence-corrected chi connectivity index (χ4v) is 1.57. The highest BCUT2D eigenvalue weighted by molar-refractivity contribution is 9.09. The molecule has 4 nitrogen and oxygen atoms in total. The second-order valence-electron chi connectivity index (χ2n) is 2.41. The maximum atomic E-state index is 9.27. The maximum absolute atomic E-state index is 9.27. The molecular formula is C6H11BrO4. The van der Waals surface area contributed by atoms with E-state index >= 15 is 0 Å². The van der Waals surface area contributed by atoms with Crippen molar-refractivity contribution in [2.45, 2.75) is 24.6 Å². The van der Waals surface area contributed by atoms with Crippen LogP contribution in [0.5, 0.6) is 0 Å². The van der Waals surface area contributed by atoms with Crippen molar-refractivity contribution in [2.75, 3.05) is 12.4 Å². The molecule has 0 amide bonds. The molecule has 0 aromatic rings. The Hall–Kier alpha value is 0.320. The van der Waals surface area contributed by atoms with Gasteiger partial charge in [-0.25, -0.2) is 0 Å². The van der Waals surface area contributed by atoms with Crippen LogP contribution < -0.4 is 0 Å². The van der Waals surface area contributed by atoms with Crippen molar-refractivity contribution in [1.82, 2.24) is 0 Å². The summed E-state index contributed by atoms with van der Waals surface area (Å²) in [5, 5.41) is 19.0. The van der Waals surface area contributed by atoms with Crippen molar-refractivity contribution in [3.8, 4) is 0 Å². The van der Waals surface area contributed by atoms with Crippen LogP contribution in [0.1, 0.15) is 0 Å². The monoisotopic (exact) mass is 226 g/mol. The van der Waals surface area contributed by atoms with Crippen LogP contribution in [0.15, 0.2) is 0 Å². The molecule has 0 saturated carbocycles. The van der Waals surface area contributed by atoms with Crippen LogP contribution in [0.4, 0.5) is 0 Å². The number of aliphatic hydroxyl groups is 2. The molecule has 1 aliphatic rings. The van der Waals surface area contributed by atoms with Gasteiger partial charge in [-0.2, -0.15) is 0 Å². The fourth-order valence-electron chi connectivity index (χ4n) is 1.04. The van der Waals surface area contributed by atoms with Crippen molar-refractivity contribution in [2.24, 2.45) is 0 Å². The third-order valence-electron chi connectivity index (χ3n) is 1.70. The van der Waals surface area contributed by atoms with Gasteiger partial charge in [-0.3, -0.25) is 0 Å². The highest BCUT2D eigenvalue weighted by Gasteiger charge is 2.42. The zero-order valence-corrected chi connectivity index (χ0v) is 7.69. The second kappa shape index (κ2) is 3.82. The summed E-state index contributed by atoms with van der Waals surface area (Å²) in [5.41, 5.74) is 0. The van der Waals surface area contributed by atoms with Crippen LogP contribution in [0.25, 0.3) is 0 Å². The third-order valence-corrected chi connectivity index (χ3v) is 2.34. The molecule has 2 N–H and O–H groups in total. The summed E-state index contributed by atoms with van der Waals surface area (Å²) in [4.78, 5) is 0. The molecule has 1 fully saturated rings. The van der Waals surface area contributed by atoms with Gasteiger partial charge in [0.25, 0.3) is 0 Å².